The minimum absolute atomic E-state index is 0.230. The monoisotopic (exact) mass is 287 g/mol. The third-order valence-electron chi connectivity index (χ3n) is 2.94. The van der Waals surface area contributed by atoms with E-state index in [0.29, 0.717) is 29.1 Å². The summed E-state index contributed by atoms with van der Waals surface area (Å²) >= 11 is 6.15. The number of benzene rings is 1. The Morgan fingerprint density at radius 1 is 1.32 bits per heavy atom. The van der Waals surface area contributed by atoms with Crippen molar-refractivity contribution >= 4 is 11.6 Å². The maximum Gasteiger partial charge on any atom is 0.179 e. The Hall–Kier alpha value is -0.970. The number of ether oxygens (including phenoxy) is 2. The topological polar surface area (TPSA) is 50.7 Å². The maximum absolute atomic E-state index is 8.79. The van der Waals surface area contributed by atoms with Crippen LogP contribution in [-0.2, 0) is 6.54 Å². The fourth-order valence-electron chi connectivity index (χ4n) is 1.87. The fourth-order valence-corrected chi connectivity index (χ4v) is 2.18. The quantitative estimate of drug-likeness (QED) is 0.772. The molecule has 0 fully saturated rings. The first-order chi connectivity index (χ1) is 9.12. The number of hydrogen-bond acceptors (Lipinski definition) is 4. The Labute approximate surface area is 119 Å². The summed E-state index contributed by atoms with van der Waals surface area (Å²) in [7, 11) is 3.16. The van der Waals surface area contributed by atoms with Crippen LogP contribution in [0.5, 0.6) is 11.5 Å². The smallest absolute Gasteiger partial charge is 0.179 e. The van der Waals surface area contributed by atoms with E-state index < -0.39 is 0 Å². The molecule has 0 saturated carbocycles. The molecule has 5 heteroatoms. The summed E-state index contributed by atoms with van der Waals surface area (Å²) in [5.41, 5.74) is 1.04. The van der Waals surface area contributed by atoms with E-state index in [9.17, 15) is 0 Å². The highest BCUT2D eigenvalue weighted by atomic mass is 35.5. The van der Waals surface area contributed by atoms with E-state index in [1.165, 1.54) is 0 Å². The Bertz CT molecular complexity index is 399. The lowest BCUT2D eigenvalue weighted by molar-refractivity contribution is 0.276. The van der Waals surface area contributed by atoms with Crippen molar-refractivity contribution in [1.29, 1.82) is 0 Å². The molecule has 1 aromatic rings. The average molecular weight is 288 g/mol. The van der Waals surface area contributed by atoms with Gasteiger partial charge in [-0.05, 0) is 37.5 Å². The van der Waals surface area contributed by atoms with E-state index in [0.717, 1.165) is 18.4 Å². The molecule has 0 bridgehead atoms. The molecular formula is C14H22ClNO3. The van der Waals surface area contributed by atoms with Crippen LogP contribution in [-0.4, -0.2) is 32.0 Å². The summed E-state index contributed by atoms with van der Waals surface area (Å²) in [5.74, 6) is 1.19. The highest BCUT2D eigenvalue weighted by molar-refractivity contribution is 6.32. The minimum atomic E-state index is 0.230. The van der Waals surface area contributed by atoms with Gasteiger partial charge in [-0.25, -0.2) is 0 Å². The maximum atomic E-state index is 8.79. The molecule has 1 aromatic carbocycles. The van der Waals surface area contributed by atoms with Crippen LogP contribution in [0.4, 0.5) is 0 Å². The Kier molecular flexibility index (Phi) is 6.99. The molecule has 0 aliphatic rings. The standard InChI is InChI=1S/C14H22ClNO3/c1-10(5-4-6-17)16-9-11-7-12(15)14(19-3)13(8-11)18-2/h7-8,10,16-17H,4-6,9H2,1-3H3. The lowest BCUT2D eigenvalue weighted by Crippen LogP contribution is -2.25. The van der Waals surface area contributed by atoms with Gasteiger partial charge in [0.05, 0.1) is 19.2 Å². The zero-order valence-corrected chi connectivity index (χ0v) is 12.5. The molecule has 0 heterocycles. The third-order valence-corrected chi connectivity index (χ3v) is 3.22. The molecule has 0 spiro atoms. The van der Waals surface area contributed by atoms with Crippen molar-refractivity contribution in [2.45, 2.75) is 32.4 Å². The molecule has 108 valence electrons. The van der Waals surface area contributed by atoms with Gasteiger partial charge >= 0.3 is 0 Å². The lowest BCUT2D eigenvalue weighted by Gasteiger charge is -2.15. The first kappa shape index (κ1) is 16.1. The van der Waals surface area contributed by atoms with Gasteiger partial charge in [0.15, 0.2) is 11.5 Å². The van der Waals surface area contributed by atoms with Crippen molar-refractivity contribution in [2.24, 2.45) is 0 Å². The third kappa shape index (κ3) is 4.90. The molecule has 1 rings (SSSR count). The number of halogens is 1. The normalized spacial score (nSPS) is 12.3. The van der Waals surface area contributed by atoms with Crippen LogP contribution in [0.1, 0.15) is 25.3 Å². The number of hydrogen-bond donors (Lipinski definition) is 2. The second-order valence-corrected chi connectivity index (χ2v) is 4.87. The second-order valence-electron chi connectivity index (χ2n) is 4.46. The van der Waals surface area contributed by atoms with Gasteiger partial charge in [0.1, 0.15) is 0 Å². The molecular weight excluding hydrogens is 266 g/mol. The molecule has 4 nitrogen and oxygen atoms in total. The van der Waals surface area contributed by atoms with Gasteiger partial charge in [-0.3, -0.25) is 0 Å². The van der Waals surface area contributed by atoms with Crippen LogP contribution in [0.25, 0.3) is 0 Å². The van der Waals surface area contributed by atoms with Gasteiger partial charge in [-0.1, -0.05) is 11.6 Å². The van der Waals surface area contributed by atoms with Crippen molar-refractivity contribution < 1.29 is 14.6 Å². The van der Waals surface area contributed by atoms with Crippen LogP contribution in [0.3, 0.4) is 0 Å². The predicted octanol–water partition coefficient (Wildman–Crippen LogP) is 2.61. The summed E-state index contributed by atoms with van der Waals surface area (Å²) in [6, 6.07) is 4.13. The van der Waals surface area contributed by atoms with Crippen LogP contribution in [0, 0.1) is 0 Å². The van der Waals surface area contributed by atoms with Crippen LogP contribution >= 0.6 is 11.6 Å². The molecule has 1 unspecified atom stereocenters. The summed E-state index contributed by atoms with van der Waals surface area (Å²) in [5, 5.41) is 12.7. The first-order valence-electron chi connectivity index (χ1n) is 6.37. The number of rotatable bonds is 8. The molecule has 19 heavy (non-hydrogen) atoms. The minimum Gasteiger partial charge on any atom is -0.493 e. The van der Waals surface area contributed by atoms with Crippen LogP contribution < -0.4 is 14.8 Å². The van der Waals surface area contributed by atoms with Gasteiger partial charge in [0.2, 0.25) is 0 Å². The van der Waals surface area contributed by atoms with E-state index in [1.54, 1.807) is 14.2 Å². The van der Waals surface area contributed by atoms with Gasteiger partial charge in [0, 0.05) is 19.2 Å². The predicted molar refractivity (Wildman–Crippen MR) is 77.2 cm³/mol. The van der Waals surface area contributed by atoms with Crippen LogP contribution in [0.15, 0.2) is 12.1 Å². The Balaban J connectivity index is 2.66. The molecule has 0 radical (unpaired) electrons. The Morgan fingerprint density at radius 2 is 2.05 bits per heavy atom. The van der Waals surface area contributed by atoms with Gasteiger partial charge in [-0.2, -0.15) is 0 Å². The number of methoxy groups -OCH3 is 2. The number of aliphatic hydroxyl groups is 1. The number of aliphatic hydroxyl groups excluding tert-OH is 1. The van der Waals surface area contributed by atoms with Crippen molar-refractivity contribution in [1.82, 2.24) is 5.32 Å². The molecule has 0 aliphatic heterocycles. The Morgan fingerprint density at radius 3 is 2.63 bits per heavy atom. The summed E-state index contributed by atoms with van der Waals surface area (Å²) < 4.78 is 10.5. The first-order valence-corrected chi connectivity index (χ1v) is 6.74. The van der Waals surface area contributed by atoms with E-state index >= 15 is 0 Å². The van der Waals surface area contributed by atoms with Crippen molar-refractivity contribution in [3.63, 3.8) is 0 Å². The molecule has 0 amide bonds. The van der Waals surface area contributed by atoms with E-state index in [4.69, 9.17) is 26.2 Å². The molecule has 2 N–H and O–H groups in total. The van der Waals surface area contributed by atoms with E-state index in [-0.39, 0.29) is 6.61 Å². The molecule has 0 saturated heterocycles. The second kappa shape index (κ2) is 8.25. The van der Waals surface area contributed by atoms with Gasteiger partial charge in [0.25, 0.3) is 0 Å². The highest BCUT2D eigenvalue weighted by Gasteiger charge is 2.11. The average Bonchev–Trinajstić information content (AvgIpc) is 2.42. The molecule has 1 atom stereocenters. The van der Waals surface area contributed by atoms with Crippen molar-refractivity contribution in [3.05, 3.63) is 22.7 Å². The molecule has 0 aliphatic carbocycles. The van der Waals surface area contributed by atoms with E-state index in [2.05, 4.69) is 12.2 Å². The SMILES string of the molecule is COc1cc(CNC(C)CCCO)cc(Cl)c1OC. The molecule has 0 aromatic heterocycles. The lowest BCUT2D eigenvalue weighted by atomic mass is 10.1. The summed E-state index contributed by atoms with van der Waals surface area (Å²) in [6.45, 7) is 3.03. The van der Waals surface area contributed by atoms with Gasteiger partial charge < -0.3 is 19.9 Å². The summed E-state index contributed by atoms with van der Waals surface area (Å²) in [4.78, 5) is 0. The van der Waals surface area contributed by atoms with Crippen LogP contribution in [0.2, 0.25) is 5.02 Å². The summed E-state index contributed by atoms with van der Waals surface area (Å²) in [6.07, 6.45) is 1.75. The zero-order valence-electron chi connectivity index (χ0n) is 11.7. The number of nitrogens with one attached hydrogen (secondary N) is 1. The van der Waals surface area contributed by atoms with E-state index in [1.807, 2.05) is 12.1 Å². The van der Waals surface area contributed by atoms with Crippen molar-refractivity contribution in [3.8, 4) is 11.5 Å². The largest absolute Gasteiger partial charge is 0.493 e. The fraction of sp³-hybridized carbons (Fsp3) is 0.571. The highest BCUT2D eigenvalue weighted by Crippen LogP contribution is 2.35. The van der Waals surface area contributed by atoms with Gasteiger partial charge in [-0.15, -0.1) is 0 Å². The van der Waals surface area contributed by atoms with Crippen molar-refractivity contribution in [2.75, 3.05) is 20.8 Å². The zero-order chi connectivity index (χ0) is 14.3.